The maximum atomic E-state index is 5.29. The molecule has 0 amide bonds. The van der Waals surface area contributed by atoms with Crippen LogP contribution in [0.3, 0.4) is 0 Å². The second kappa shape index (κ2) is 9.19. The molecular weight excluding hydrogens is 429 g/mol. The molecule has 1 aliphatic heterocycles. The number of nitrogens with zero attached hydrogens (tertiary/aromatic N) is 3. The van der Waals surface area contributed by atoms with Gasteiger partial charge in [-0.25, -0.2) is 0 Å². The van der Waals surface area contributed by atoms with E-state index in [0.29, 0.717) is 0 Å². The van der Waals surface area contributed by atoms with Crippen molar-refractivity contribution in [2.45, 2.75) is 20.0 Å². The summed E-state index contributed by atoms with van der Waals surface area (Å²) in [5.41, 5.74) is 2.72. The molecule has 0 spiro atoms. The molecule has 0 saturated carbocycles. The molecule has 1 aromatic carbocycles. The van der Waals surface area contributed by atoms with Gasteiger partial charge in [-0.15, -0.1) is 24.0 Å². The van der Waals surface area contributed by atoms with Crippen LogP contribution in [0.5, 0.6) is 0 Å². The van der Waals surface area contributed by atoms with Gasteiger partial charge in [0.05, 0.1) is 19.8 Å². The van der Waals surface area contributed by atoms with E-state index < -0.39 is 0 Å². The summed E-state index contributed by atoms with van der Waals surface area (Å²) >= 11 is 0. The zero-order valence-electron chi connectivity index (χ0n) is 14.7. The van der Waals surface area contributed by atoms with Gasteiger partial charge in [0.15, 0.2) is 5.96 Å². The van der Waals surface area contributed by atoms with E-state index in [0.717, 1.165) is 38.8 Å². The number of guanidine groups is 1. The molecule has 1 fully saturated rings. The lowest BCUT2D eigenvalue weighted by Crippen LogP contribution is -2.50. The summed E-state index contributed by atoms with van der Waals surface area (Å²) in [6.07, 6.45) is 3.78. The number of benzene rings is 1. The SMILES string of the molecule is CN=C(NCc1ccccc1Cn1cccn1)NCC1(C)COC1.I. The summed E-state index contributed by atoms with van der Waals surface area (Å²) in [5.74, 6) is 0.817. The highest BCUT2D eigenvalue weighted by Gasteiger charge is 2.33. The van der Waals surface area contributed by atoms with Gasteiger partial charge in [0.1, 0.15) is 0 Å². The minimum absolute atomic E-state index is 0. The molecule has 25 heavy (non-hydrogen) atoms. The van der Waals surface area contributed by atoms with E-state index in [1.54, 1.807) is 13.2 Å². The van der Waals surface area contributed by atoms with Gasteiger partial charge in [-0.1, -0.05) is 31.2 Å². The lowest BCUT2D eigenvalue weighted by molar-refractivity contribution is -0.0971. The fraction of sp³-hybridized carbons (Fsp3) is 0.444. The molecular formula is C18H26IN5O. The van der Waals surface area contributed by atoms with Gasteiger partial charge in [0.25, 0.3) is 0 Å². The maximum Gasteiger partial charge on any atom is 0.191 e. The summed E-state index contributed by atoms with van der Waals surface area (Å²) in [4.78, 5) is 4.31. The smallest absolute Gasteiger partial charge is 0.191 e. The van der Waals surface area contributed by atoms with Crippen molar-refractivity contribution < 1.29 is 4.74 Å². The Balaban J connectivity index is 0.00000225. The van der Waals surface area contributed by atoms with Crippen LogP contribution in [0, 0.1) is 5.41 Å². The van der Waals surface area contributed by atoms with Gasteiger partial charge in [-0.2, -0.15) is 5.10 Å². The molecule has 0 unspecified atom stereocenters. The number of hydrogen-bond acceptors (Lipinski definition) is 3. The molecule has 2 aromatic rings. The molecule has 0 radical (unpaired) electrons. The number of aromatic nitrogens is 2. The van der Waals surface area contributed by atoms with Gasteiger partial charge in [-0.05, 0) is 17.2 Å². The highest BCUT2D eigenvalue weighted by molar-refractivity contribution is 14.0. The fourth-order valence-corrected chi connectivity index (χ4v) is 2.70. The molecule has 0 bridgehead atoms. The highest BCUT2D eigenvalue weighted by atomic mass is 127. The first-order valence-electron chi connectivity index (χ1n) is 8.25. The lowest BCUT2D eigenvalue weighted by atomic mass is 9.89. The molecule has 1 aliphatic rings. The van der Waals surface area contributed by atoms with Crippen molar-refractivity contribution in [1.29, 1.82) is 0 Å². The Bertz CT molecular complexity index is 683. The van der Waals surface area contributed by atoms with Crippen LogP contribution in [0.4, 0.5) is 0 Å². The molecule has 6 nitrogen and oxygen atoms in total. The summed E-state index contributed by atoms with van der Waals surface area (Å²) < 4.78 is 7.22. The predicted molar refractivity (Wildman–Crippen MR) is 110 cm³/mol. The molecule has 0 aliphatic carbocycles. The van der Waals surface area contributed by atoms with Crippen molar-refractivity contribution in [1.82, 2.24) is 20.4 Å². The van der Waals surface area contributed by atoms with Crippen LogP contribution in [0.2, 0.25) is 0 Å². The first-order chi connectivity index (χ1) is 11.7. The summed E-state index contributed by atoms with van der Waals surface area (Å²) in [5, 5.41) is 11.1. The van der Waals surface area contributed by atoms with Crippen LogP contribution in [-0.2, 0) is 17.8 Å². The van der Waals surface area contributed by atoms with Crippen LogP contribution in [-0.4, -0.2) is 42.5 Å². The third-order valence-corrected chi connectivity index (χ3v) is 4.26. The average molecular weight is 455 g/mol. The quantitative estimate of drug-likeness (QED) is 0.399. The van der Waals surface area contributed by atoms with E-state index in [1.165, 1.54) is 11.1 Å². The number of rotatable bonds is 6. The normalized spacial score (nSPS) is 15.8. The highest BCUT2D eigenvalue weighted by Crippen LogP contribution is 2.24. The number of nitrogens with one attached hydrogen (secondary N) is 2. The first kappa shape index (κ1) is 19.7. The zero-order chi connectivity index (χ0) is 16.8. The summed E-state index contributed by atoms with van der Waals surface area (Å²) in [6, 6.07) is 10.3. The van der Waals surface area contributed by atoms with Gasteiger partial charge in [0, 0.05) is 37.9 Å². The van der Waals surface area contributed by atoms with Crippen molar-refractivity contribution in [3.63, 3.8) is 0 Å². The molecule has 1 aromatic heterocycles. The third-order valence-electron chi connectivity index (χ3n) is 4.26. The van der Waals surface area contributed by atoms with Crippen LogP contribution in [0.25, 0.3) is 0 Å². The van der Waals surface area contributed by atoms with E-state index in [1.807, 2.05) is 16.9 Å². The Labute approximate surface area is 166 Å². The van der Waals surface area contributed by atoms with Crippen LogP contribution in [0.1, 0.15) is 18.1 Å². The molecule has 0 atom stereocenters. The van der Waals surface area contributed by atoms with Gasteiger partial charge in [-0.3, -0.25) is 9.67 Å². The maximum absolute atomic E-state index is 5.29. The van der Waals surface area contributed by atoms with Crippen molar-refractivity contribution in [3.05, 3.63) is 53.9 Å². The third kappa shape index (κ3) is 5.43. The molecule has 7 heteroatoms. The van der Waals surface area contributed by atoms with Crippen molar-refractivity contribution >= 4 is 29.9 Å². The number of ether oxygens (including phenoxy) is 1. The Morgan fingerprint density at radius 3 is 2.60 bits per heavy atom. The van der Waals surface area contributed by atoms with Crippen molar-refractivity contribution in [3.8, 4) is 0 Å². The van der Waals surface area contributed by atoms with E-state index in [9.17, 15) is 0 Å². The van der Waals surface area contributed by atoms with Crippen molar-refractivity contribution in [2.24, 2.45) is 10.4 Å². The van der Waals surface area contributed by atoms with Gasteiger partial charge < -0.3 is 15.4 Å². The predicted octanol–water partition coefficient (Wildman–Crippen LogP) is 2.25. The first-order valence-corrected chi connectivity index (χ1v) is 8.25. The van der Waals surface area contributed by atoms with Crippen LogP contribution >= 0.6 is 24.0 Å². The Morgan fingerprint density at radius 2 is 2.00 bits per heavy atom. The topological polar surface area (TPSA) is 63.5 Å². The van der Waals surface area contributed by atoms with Crippen LogP contribution < -0.4 is 10.6 Å². The number of aliphatic imine (C=N–C) groups is 1. The monoisotopic (exact) mass is 455 g/mol. The molecule has 3 rings (SSSR count). The fourth-order valence-electron chi connectivity index (χ4n) is 2.70. The van der Waals surface area contributed by atoms with E-state index >= 15 is 0 Å². The van der Waals surface area contributed by atoms with Crippen LogP contribution in [0.15, 0.2) is 47.7 Å². The second-order valence-electron chi connectivity index (χ2n) is 6.56. The van der Waals surface area contributed by atoms with E-state index in [-0.39, 0.29) is 29.4 Å². The lowest BCUT2D eigenvalue weighted by Gasteiger charge is -2.38. The standard InChI is InChI=1S/C18H25N5O.HI/c1-18(13-24-14-18)12-21-17(19-2)20-10-15-6-3-4-7-16(15)11-23-9-5-8-22-23;/h3-9H,10-14H2,1-2H3,(H2,19,20,21);1H. The van der Waals surface area contributed by atoms with Gasteiger partial charge >= 0.3 is 0 Å². The van der Waals surface area contributed by atoms with Gasteiger partial charge in [0.2, 0.25) is 0 Å². The minimum Gasteiger partial charge on any atom is -0.380 e. The number of halogens is 1. The molecule has 1 saturated heterocycles. The number of hydrogen-bond donors (Lipinski definition) is 2. The largest absolute Gasteiger partial charge is 0.380 e. The van der Waals surface area contributed by atoms with Crippen molar-refractivity contribution in [2.75, 3.05) is 26.8 Å². The zero-order valence-corrected chi connectivity index (χ0v) is 17.1. The molecule has 2 heterocycles. The average Bonchev–Trinajstić information content (AvgIpc) is 3.07. The second-order valence-corrected chi connectivity index (χ2v) is 6.56. The summed E-state index contributed by atoms with van der Waals surface area (Å²) in [7, 11) is 1.80. The molecule has 2 N–H and O–H groups in total. The minimum atomic E-state index is 0. The molecule has 136 valence electrons. The van der Waals surface area contributed by atoms with E-state index in [4.69, 9.17) is 4.74 Å². The Morgan fingerprint density at radius 1 is 1.24 bits per heavy atom. The summed E-state index contributed by atoms with van der Waals surface area (Å²) in [6.45, 7) is 6.20. The van der Waals surface area contributed by atoms with E-state index in [2.05, 4.69) is 51.9 Å². The Hall–Kier alpha value is -1.61. The Kier molecular flexibility index (Phi) is 7.24.